The lowest BCUT2D eigenvalue weighted by molar-refractivity contribution is -0.114. The van der Waals surface area contributed by atoms with Crippen LogP contribution in [0, 0.1) is 0 Å². The molecule has 2 atom stereocenters. The predicted molar refractivity (Wildman–Crippen MR) is 91.0 cm³/mol. The molecule has 1 aliphatic heterocycles. The first kappa shape index (κ1) is 14.4. The summed E-state index contributed by atoms with van der Waals surface area (Å²) < 4.78 is 0. The highest BCUT2D eigenvalue weighted by molar-refractivity contribution is 6.02. The van der Waals surface area contributed by atoms with Crippen LogP contribution in [0.4, 0.5) is 11.4 Å². The monoisotopic (exact) mass is 292 g/mol. The summed E-state index contributed by atoms with van der Waals surface area (Å²) in [6.07, 6.45) is 2.25. The van der Waals surface area contributed by atoms with E-state index in [4.69, 9.17) is 0 Å². The minimum absolute atomic E-state index is 0.0434. The van der Waals surface area contributed by atoms with Crippen molar-refractivity contribution in [2.24, 2.45) is 0 Å². The summed E-state index contributed by atoms with van der Waals surface area (Å²) in [5, 5.41) is 3.58. The second-order valence-electron chi connectivity index (χ2n) is 5.62. The van der Waals surface area contributed by atoms with Crippen molar-refractivity contribution < 1.29 is 4.79 Å². The van der Waals surface area contributed by atoms with Gasteiger partial charge in [0.05, 0.1) is 6.04 Å². The van der Waals surface area contributed by atoms with Gasteiger partial charge in [-0.25, -0.2) is 0 Å². The first-order chi connectivity index (χ1) is 10.7. The minimum Gasteiger partial charge on any atom is -0.378 e. The fourth-order valence-corrected chi connectivity index (χ4v) is 3.12. The Morgan fingerprint density at radius 1 is 1.18 bits per heavy atom. The van der Waals surface area contributed by atoms with Crippen molar-refractivity contribution >= 4 is 17.3 Å². The van der Waals surface area contributed by atoms with E-state index in [2.05, 4.69) is 37.0 Å². The van der Waals surface area contributed by atoms with Crippen molar-refractivity contribution in [3.63, 3.8) is 0 Å². The molecule has 2 aromatic rings. The van der Waals surface area contributed by atoms with Crippen LogP contribution in [0.2, 0.25) is 0 Å². The second-order valence-corrected chi connectivity index (χ2v) is 5.62. The maximum Gasteiger partial charge on any atom is 0.250 e. The summed E-state index contributed by atoms with van der Waals surface area (Å²) in [4.78, 5) is 14.0. The molecule has 22 heavy (non-hydrogen) atoms. The normalized spacial score (nSPS) is 20.1. The average Bonchev–Trinajstić information content (AvgIpc) is 2.55. The number of hydrogen-bond donors (Lipinski definition) is 1. The summed E-state index contributed by atoms with van der Waals surface area (Å²) >= 11 is 0. The highest BCUT2D eigenvalue weighted by atomic mass is 16.2. The molecule has 3 rings (SSSR count). The van der Waals surface area contributed by atoms with E-state index in [9.17, 15) is 4.79 Å². The zero-order valence-electron chi connectivity index (χ0n) is 12.7. The van der Waals surface area contributed by atoms with Crippen LogP contribution in [0.3, 0.4) is 0 Å². The van der Waals surface area contributed by atoms with Crippen LogP contribution >= 0.6 is 0 Å². The van der Waals surface area contributed by atoms with Gasteiger partial charge >= 0.3 is 0 Å². The van der Waals surface area contributed by atoms with Crippen molar-refractivity contribution in [2.45, 2.75) is 25.4 Å². The molecule has 2 aromatic carbocycles. The Bertz CT molecular complexity index is 681. The maximum atomic E-state index is 12.2. The zero-order chi connectivity index (χ0) is 15.5. The van der Waals surface area contributed by atoms with Gasteiger partial charge in [0.2, 0.25) is 0 Å². The van der Waals surface area contributed by atoms with E-state index < -0.39 is 0 Å². The van der Waals surface area contributed by atoms with E-state index in [1.54, 1.807) is 0 Å². The molecule has 1 N–H and O–H groups in total. The largest absolute Gasteiger partial charge is 0.378 e. The highest BCUT2D eigenvalue weighted by Crippen LogP contribution is 2.38. The third kappa shape index (κ3) is 2.62. The Morgan fingerprint density at radius 3 is 2.59 bits per heavy atom. The third-order valence-electron chi connectivity index (χ3n) is 4.12. The molecule has 0 saturated heterocycles. The number of para-hydroxylation sites is 2. The molecule has 0 bridgehead atoms. The van der Waals surface area contributed by atoms with Crippen LogP contribution in [0.25, 0.3) is 0 Å². The summed E-state index contributed by atoms with van der Waals surface area (Å²) in [7, 11) is 0. The molecule has 0 radical (unpaired) electrons. The van der Waals surface area contributed by atoms with E-state index in [0.717, 1.165) is 23.4 Å². The molecular weight excluding hydrogens is 272 g/mol. The molecular formula is C19H20N2O. The SMILES string of the molecule is C=CC(=O)N1c2ccccc2[C@@H](Nc2ccccc2)C[C@H]1C. The van der Waals surface area contributed by atoms with Gasteiger partial charge in [0.15, 0.2) is 0 Å². The minimum atomic E-state index is -0.0434. The van der Waals surface area contributed by atoms with Crippen LogP contribution in [0.5, 0.6) is 0 Å². The zero-order valence-corrected chi connectivity index (χ0v) is 12.7. The standard InChI is InChI=1S/C19H20N2O/c1-3-19(22)21-14(2)13-17(16-11-7-8-12-18(16)21)20-15-9-5-4-6-10-15/h3-12,14,17,20H,1,13H2,2H3/t14-,17+/m1/s1. The van der Waals surface area contributed by atoms with Crippen LogP contribution in [-0.4, -0.2) is 11.9 Å². The lowest BCUT2D eigenvalue weighted by Gasteiger charge is -2.39. The fraction of sp³-hybridized carbons (Fsp3) is 0.211. The molecule has 0 unspecified atom stereocenters. The molecule has 3 heteroatoms. The van der Waals surface area contributed by atoms with Gasteiger partial charge in [0, 0.05) is 17.4 Å². The van der Waals surface area contributed by atoms with Gasteiger partial charge < -0.3 is 10.2 Å². The average molecular weight is 292 g/mol. The lowest BCUT2D eigenvalue weighted by Crippen LogP contribution is -2.43. The predicted octanol–water partition coefficient (Wildman–Crippen LogP) is 4.15. The van der Waals surface area contributed by atoms with Gasteiger partial charge in [-0.15, -0.1) is 0 Å². The second kappa shape index (κ2) is 6.06. The Hall–Kier alpha value is -2.55. The third-order valence-corrected chi connectivity index (χ3v) is 4.12. The molecule has 0 saturated carbocycles. The van der Waals surface area contributed by atoms with E-state index in [1.165, 1.54) is 6.08 Å². The van der Waals surface area contributed by atoms with Crippen molar-refractivity contribution in [2.75, 3.05) is 10.2 Å². The molecule has 3 nitrogen and oxygen atoms in total. The van der Waals surface area contributed by atoms with Crippen LogP contribution in [-0.2, 0) is 4.79 Å². The summed E-state index contributed by atoms with van der Waals surface area (Å²) in [6, 6.07) is 18.6. The van der Waals surface area contributed by atoms with Gasteiger partial charge in [-0.05, 0) is 43.2 Å². The van der Waals surface area contributed by atoms with E-state index in [1.807, 2.05) is 41.3 Å². The molecule has 0 fully saturated rings. The Kier molecular flexibility index (Phi) is 3.96. The van der Waals surface area contributed by atoms with Gasteiger partial charge in [0.1, 0.15) is 0 Å². The molecule has 0 aromatic heterocycles. The van der Waals surface area contributed by atoms with E-state index in [-0.39, 0.29) is 18.0 Å². The Morgan fingerprint density at radius 2 is 1.86 bits per heavy atom. The molecule has 0 spiro atoms. The topological polar surface area (TPSA) is 32.3 Å². The van der Waals surface area contributed by atoms with Gasteiger partial charge in [-0.2, -0.15) is 0 Å². The fourth-order valence-electron chi connectivity index (χ4n) is 3.12. The summed E-state index contributed by atoms with van der Waals surface area (Å²) in [5.74, 6) is -0.0434. The molecule has 112 valence electrons. The first-order valence-electron chi connectivity index (χ1n) is 7.57. The molecule has 1 aliphatic rings. The number of anilines is 2. The first-order valence-corrected chi connectivity index (χ1v) is 7.57. The van der Waals surface area contributed by atoms with E-state index >= 15 is 0 Å². The van der Waals surface area contributed by atoms with Crippen molar-refractivity contribution in [1.82, 2.24) is 0 Å². The number of carbonyl (C=O) groups excluding carboxylic acids is 1. The van der Waals surface area contributed by atoms with Crippen molar-refractivity contribution in [3.8, 4) is 0 Å². The molecule has 1 amide bonds. The number of hydrogen-bond acceptors (Lipinski definition) is 2. The highest BCUT2D eigenvalue weighted by Gasteiger charge is 2.32. The number of nitrogens with one attached hydrogen (secondary N) is 1. The van der Waals surface area contributed by atoms with Crippen molar-refractivity contribution in [3.05, 3.63) is 72.8 Å². The molecule has 0 aliphatic carbocycles. The quantitative estimate of drug-likeness (QED) is 0.862. The number of benzene rings is 2. The summed E-state index contributed by atoms with van der Waals surface area (Å²) in [6.45, 7) is 5.70. The number of rotatable bonds is 3. The number of nitrogens with zero attached hydrogens (tertiary/aromatic N) is 1. The van der Waals surface area contributed by atoms with Crippen LogP contribution in [0.15, 0.2) is 67.3 Å². The number of fused-ring (bicyclic) bond motifs is 1. The van der Waals surface area contributed by atoms with Gasteiger partial charge in [0.25, 0.3) is 5.91 Å². The van der Waals surface area contributed by atoms with Crippen LogP contribution < -0.4 is 10.2 Å². The smallest absolute Gasteiger partial charge is 0.250 e. The van der Waals surface area contributed by atoms with Gasteiger partial charge in [-0.1, -0.05) is 43.0 Å². The summed E-state index contributed by atoms with van der Waals surface area (Å²) in [5.41, 5.74) is 3.22. The number of amides is 1. The number of carbonyl (C=O) groups is 1. The Labute approximate surface area is 131 Å². The van der Waals surface area contributed by atoms with E-state index in [0.29, 0.717) is 0 Å². The van der Waals surface area contributed by atoms with Gasteiger partial charge in [-0.3, -0.25) is 4.79 Å². The van der Waals surface area contributed by atoms with Crippen molar-refractivity contribution in [1.29, 1.82) is 0 Å². The Balaban J connectivity index is 1.97. The van der Waals surface area contributed by atoms with Crippen LogP contribution in [0.1, 0.15) is 24.9 Å². The molecule has 1 heterocycles. The lowest BCUT2D eigenvalue weighted by atomic mass is 9.91. The maximum absolute atomic E-state index is 12.2.